The summed E-state index contributed by atoms with van der Waals surface area (Å²) in [6.45, 7) is 12.2. The molecule has 4 heterocycles. The van der Waals surface area contributed by atoms with Gasteiger partial charge in [0.05, 0.1) is 5.69 Å². The van der Waals surface area contributed by atoms with Crippen LogP contribution in [0.4, 0.5) is 17.3 Å². The number of fused-ring (bicyclic) bond motifs is 2. The van der Waals surface area contributed by atoms with Crippen molar-refractivity contribution in [3.63, 3.8) is 0 Å². The molecule has 3 aromatic heterocycles. The zero-order chi connectivity index (χ0) is 25.6. The van der Waals surface area contributed by atoms with Gasteiger partial charge in [0.2, 0.25) is 5.95 Å². The third-order valence-electron chi connectivity index (χ3n) is 6.61. The molecule has 188 valence electrons. The van der Waals surface area contributed by atoms with Crippen LogP contribution >= 0.6 is 0 Å². The minimum absolute atomic E-state index is 0.0678. The fourth-order valence-electron chi connectivity index (χ4n) is 4.76. The highest BCUT2D eigenvalue weighted by Crippen LogP contribution is 2.29. The van der Waals surface area contributed by atoms with Crippen molar-refractivity contribution in [3.8, 4) is 5.69 Å². The molecule has 0 fully saturated rings. The lowest BCUT2D eigenvalue weighted by atomic mass is 9.91. The second-order valence-electron chi connectivity index (χ2n) is 10.6. The van der Waals surface area contributed by atoms with Gasteiger partial charge >= 0.3 is 0 Å². The van der Waals surface area contributed by atoms with Gasteiger partial charge in [-0.2, -0.15) is 4.98 Å². The van der Waals surface area contributed by atoms with Crippen LogP contribution in [-0.4, -0.2) is 37.9 Å². The standard InChI is InChI=1S/C27H34N8O/c1-16(2)34-25(36)21-15-31-26(32-18-11-17-7-9-29-14-20(17)22(12-18)28-6)33-24(21)35(34)19-8-10-30-23(13-19)27(3,4)5/h8,10-13,15-16,28-29H,7,9,14H2,1-6H3,(H,31,32,33). The Labute approximate surface area is 211 Å². The van der Waals surface area contributed by atoms with Crippen molar-refractivity contribution in [3.05, 3.63) is 63.8 Å². The molecule has 1 aliphatic rings. The molecule has 0 bridgehead atoms. The molecule has 1 aliphatic heterocycles. The highest BCUT2D eigenvalue weighted by molar-refractivity contribution is 5.78. The number of hydrogen-bond acceptors (Lipinski definition) is 7. The molecule has 9 nitrogen and oxygen atoms in total. The first kappa shape index (κ1) is 24.0. The lowest BCUT2D eigenvalue weighted by molar-refractivity contribution is 0.474. The SMILES string of the molecule is CNc1cc(Nc2ncc3c(=O)n(C(C)C)n(-c4ccnc(C(C)(C)C)c4)c3n2)cc2c1CNCC2. The van der Waals surface area contributed by atoms with E-state index in [2.05, 4.69) is 58.8 Å². The van der Waals surface area contributed by atoms with Gasteiger partial charge in [0.15, 0.2) is 5.65 Å². The van der Waals surface area contributed by atoms with E-state index in [-0.39, 0.29) is 17.0 Å². The lowest BCUT2D eigenvalue weighted by Gasteiger charge is -2.22. The smallest absolute Gasteiger partial charge is 0.278 e. The Morgan fingerprint density at radius 3 is 2.67 bits per heavy atom. The zero-order valence-corrected chi connectivity index (χ0v) is 21.8. The summed E-state index contributed by atoms with van der Waals surface area (Å²) in [6, 6.07) is 8.12. The highest BCUT2D eigenvalue weighted by atomic mass is 16.1. The quantitative estimate of drug-likeness (QED) is 0.387. The van der Waals surface area contributed by atoms with Gasteiger partial charge in [-0.15, -0.1) is 0 Å². The number of hydrogen-bond donors (Lipinski definition) is 3. The molecule has 0 atom stereocenters. The van der Waals surface area contributed by atoms with Crippen molar-refractivity contribution >= 4 is 28.4 Å². The topological polar surface area (TPSA) is 102 Å². The van der Waals surface area contributed by atoms with E-state index >= 15 is 0 Å². The summed E-state index contributed by atoms with van der Waals surface area (Å²) >= 11 is 0. The molecule has 0 saturated carbocycles. The van der Waals surface area contributed by atoms with Gasteiger partial charge in [-0.05, 0) is 62.2 Å². The molecule has 0 saturated heterocycles. The number of nitrogens with one attached hydrogen (secondary N) is 3. The van der Waals surface area contributed by atoms with Crippen molar-refractivity contribution in [2.45, 2.75) is 59.0 Å². The Bertz CT molecular complexity index is 1480. The van der Waals surface area contributed by atoms with Gasteiger partial charge in [0.25, 0.3) is 5.56 Å². The number of rotatable bonds is 5. The summed E-state index contributed by atoms with van der Waals surface area (Å²) in [5.74, 6) is 0.443. The maximum absolute atomic E-state index is 13.4. The van der Waals surface area contributed by atoms with Gasteiger partial charge in [0, 0.05) is 54.5 Å². The molecule has 36 heavy (non-hydrogen) atoms. The van der Waals surface area contributed by atoms with E-state index in [9.17, 15) is 4.79 Å². The van der Waals surface area contributed by atoms with Crippen LogP contribution in [0.1, 0.15) is 57.5 Å². The Balaban J connectivity index is 1.64. The molecule has 9 heteroatoms. The Morgan fingerprint density at radius 2 is 1.94 bits per heavy atom. The lowest BCUT2D eigenvalue weighted by Crippen LogP contribution is -2.24. The molecule has 0 radical (unpaired) electrons. The molecule has 1 aromatic carbocycles. The average molecular weight is 487 g/mol. The third kappa shape index (κ3) is 4.24. The fourth-order valence-corrected chi connectivity index (χ4v) is 4.76. The van der Waals surface area contributed by atoms with Crippen LogP contribution in [0.2, 0.25) is 0 Å². The third-order valence-corrected chi connectivity index (χ3v) is 6.61. The van der Waals surface area contributed by atoms with Crippen LogP contribution < -0.4 is 21.5 Å². The van der Waals surface area contributed by atoms with E-state index in [1.165, 1.54) is 11.1 Å². The minimum Gasteiger partial charge on any atom is -0.388 e. The van der Waals surface area contributed by atoms with E-state index < -0.39 is 0 Å². The summed E-state index contributed by atoms with van der Waals surface area (Å²) in [4.78, 5) is 27.3. The molecule has 3 N–H and O–H groups in total. The maximum Gasteiger partial charge on any atom is 0.278 e. The van der Waals surface area contributed by atoms with Gasteiger partial charge in [-0.25, -0.2) is 14.3 Å². The summed E-state index contributed by atoms with van der Waals surface area (Å²) in [5, 5.41) is 10.6. The molecule has 4 aromatic rings. The van der Waals surface area contributed by atoms with Gasteiger partial charge in [0.1, 0.15) is 5.39 Å². The number of anilines is 3. The van der Waals surface area contributed by atoms with E-state index in [1.54, 1.807) is 17.1 Å². The number of aromatic nitrogens is 5. The van der Waals surface area contributed by atoms with Crippen molar-refractivity contribution in [1.82, 2.24) is 29.6 Å². The minimum atomic E-state index is -0.128. The molecular weight excluding hydrogens is 452 g/mol. The number of nitrogens with zero attached hydrogens (tertiary/aromatic N) is 5. The van der Waals surface area contributed by atoms with Gasteiger partial charge in [-0.1, -0.05) is 20.8 Å². The predicted octanol–water partition coefficient (Wildman–Crippen LogP) is 4.29. The van der Waals surface area contributed by atoms with Gasteiger partial charge in [-0.3, -0.25) is 9.78 Å². The largest absolute Gasteiger partial charge is 0.388 e. The van der Waals surface area contributed by atoms with E-state index in [0.717, 1.165) is 42.3 Å². The summed E-state index contributed by atoms with van der Waals surface area (Å²) in [6.07, 6.45) is 4.38. The first-order chi connectivity index (χ1) is 17.2. The fraction of sp³-hybridized carbons (Fsp3) is 0.407. The van der Waals surface area contributed by atoms with Crippen LogP contribution in [-0.2, 0) is 18.4 Å². The maximum atomic E-state index is 13.4. The van der Waals surface area contributed by atoms with E-state index in [4.69, 9.17) is 4.98 Å². The number of pyridine rings is 1. The predicted molar refractivity (Wildman–Crippen MR) is 145 cm³/mol. The molecular formula is C27H34N8O. The van der Waals surface area contributed by atoms with Crippen LogP contribution in [0, 0.1) is 0 Å². The van der Waals surface area contributed by atoms with E-state index in [1.807, 2.05) is 37.7 Å². The van der Waals surface area contributed by atoms with E-state index in [0.29, 0.717) is 17.0 Å². The summed E-state index contributed by atoms with van der Waals surface area (Å²) in [7, 11) is 1.93. The van der Waals surface area contributed by atoms with Crippen molar-refractivity contribution in [2.24, 2.45) is 0 Å². The first-order valence-electron chi connectivity index (χ1n) is 12.5. The van der Waals surface area contributed by atoms with Crippen molar-refractivity contribution in [2.75, 3.05) is 24.2 Å². The molecule has 0 spiro atoms. The zero-order valence-electron chi connectivity index (χ0n) is 21.8. The normalized spacial score (nSPS) is 13.8. The monoisotopic (exact) mass is 486 g/mol. The van der Waals surface area contributed by atoms with Crippen LogP contribution in [0.25, 0.3) is 16.7 Å². The van der Waals surface area contributed by atoms with Crippen molar-refractivity contribution in [1.29, 1.82) is 0 Å². The second kappa shape index (κ2) is 9.05. The molecule has 0 unspecified atom stereocenters. The Kier molecular flexibility index (Phi) is 6.04. The first-order valence-corrected chi connectivity index (χ1v) is 12.5. The van der Waals surface area contributed by atoms with Gasteiger partial charge < -0.3 is 16.0 Å². The molecule has 0 aliphatic carbocycles. The summed E-state index contributed by atoms with van der Waals surface area (Å²) < 4.78 is 3.62. The Hall–Kier alpha value is -3.72. The van der Waals surface area contributed by atoms with Crippen molar-refractivity contribution < 1.29 is 0 Å². The van der Waals surface area contributed by atoms with Crippen LogP contribution in [0.5, 0.6) is 0 Å². The second-order valence-corrected chi connectivity index (χ2v) is 10.6. The molecule has 5 rings (SSSR count). The summed E-state index contributed by atoms with van der Waals surface area (Å²) in [5.41, 5.74) is 6.70. The Morgan fingerprint density at radius 1 is 1.14 bits per heavy atom. The average Bonchev–Trinajstić information content (AvgIpc) is 3.15. The van der Waals surface area contributed by atoms with Crippen LogP contribution in [0.3, 0.4) is 0 Å². The van der Waals surface area contributed by atoms with Crippen LogP contribution in [0.15, 0.2) is 41.5 Å². The number of benzene rings is 1. The highest BCUT2D eigenvalue weighted by Gasteiger charge is 2.22. The molecule has 0 amide bonds.